The van der Waals surface area contributed by atoms with Crippen molar-refractivity contribution >= 4 is 28.8 Å². The molecule has 0 fully saturated rings. The van der Waals surface area contributed by atoms with E-state index in [0.29, 0.717) is 0 Å². The standard InChI is InChI=1S/C9H8ClF2NOS/c10-5-2-1-3-6(8(5)9(13)15)14-4-7(11)12/h1-3,7H,4H2,(H2,13,15). The molecule has 0 aromatic heterocycles. The van der Waals surface area contributed by atoms with Crippen molar-refractivity contribution < 1.29 is 13.5 Å². The van der Waals surface area contributed by atoms with Gasteiger partial charge in [0.25, 0.3) is 6.43 Å². The van der Waals surface area contributed by atoms with E-state index in [9.17, 15) is 8.78 Å². The first kappa shape index (κ1) is 12.1. The van der Waals surface area contributed by atoms with Gasteiger partial charge in [-0.1, -0.05) is 29.9 Å². The average molecular weight is 252 g/mol. The number of benzene rings is 1. The van der Waals surface area contributed by atoms with E-state index in [1.54, 1.807) is 12.1 Å². The highest BCUT2D eigenvalue weighted by atomic mass is 35.5. The third kappa shape index (κ3) is 3.28. The third-order valence-corrected chi connectivity index (χ3v) is 2.11. The lowest BCUT2D eigenvalue weighted by Gasteiger charge is -2.11. The van der Waals surface area contributed by atoms with Crippen molar-refractivity contribution in [1.82, 2.24) is 0 Å². The zero-order valence-electron chi connectivity index (χ0n) is 7.54. The van der Waals surface area contributed by atoms with Gasteiger partial charge < -0.3 is 10.5 Å². The first-order valence-corrected chi connectivity index (χ1v) is 4.80. The molecule has 15 heavy (non-hydrogen) atoms. The lowest BCUT2D eigenvalue weighted by molar-refractivity contribution is 0.0818. The van der Waals surface area contributed by atoms with Gasteiger partial charge >= 0.3 is 0 Å². The Balaban J connectivity index is 2.96. The summed E-state index contributed by atoms with van der Waals surface area (Å²) in [5.41, 5.74) is 5.69. The number of halogens is 3. The van der Waals surface area contributed by atoms with E-state index in [1.165, 1.54) is 6.07 Å². The van der Waals surface area contributed by atoms with Crippen LogP contribution in [0.4, 0.5) is 8.78 Å². The number of hydrogen-bond donors (Lipinski definition) is 1. The second-order valence-corrected chi connectivity index (χ2v) is 3.53. The molecule has 0 amide bonds. The van der Waals surface area contributed by atoms with Gasteiger partial charge in [0.2, 0.25) is 0 Å². The molecule has 2 N–H and O–H groups in total. The summed E-state index contributed by atoms with van der Waals surface area (Å²) in [5.74, 6) is 0.176. The Kier molecular flexibility index (Phi) is 4.23. The van der Waals surface area contributed by atoms with Crippen molar-refractivity contribution in [3.8, 4) is 5.75 Å². The van der Waals surface area contributed by atoms with Gasteiger partial charge in [-0.3, -0.25) is 0 Å². The molecular formula is C9H8ClF2NOS. The summed E-state index contributed by atoms with van der Waals surface area (Å²) < 4.78 is 28.7. The van der Waals surface area contributed by atoms with E-state index in [0.717, 1.165) is 0 Å². The minimum atomic E-state index is -2.55. The van der Waals surface area contributed by atoms with Gasteiger partial charge in [0.05, 0.1) is 10.6 Å². The molecule has 0 heterocycles. The Bertz CT molecular complexity index is 373. The monoisotopic (exact) mass is 251 g/mol. The predicted molar refractivity (Wildman–Crippen MR) is 58.8 cm³/mol. The van der Waals surface area contributed by atoms with Crippen LogP contribution in [0.1, 0.15) is 5.56 Å². The van der Waals surface area contributed by atoms with Crippen LogP contribution in [-0.2, 0) is 0 Å². The van der Waals surface area contributed by atoms with Gasteiger partial charge in [0.1, 0.15) is 17.3 Å². The fourth-order valence-corrected chi connectivity index (χ4v) is 1.55. The Morgan fingerprint density at radius 3 is 2.73 bits per heavy atom. The van der Waals surface area contributed by atoms with Gasteiger partial charge in [0.15, 0.2) is 0 Å². The predicted octanol–water partition coefficient (Wildman–Crippen LogP) is 2.62. The molecule has 82 valence electrons. The first-order valence-electron chi connectivity index (χ1n) is 4.01. The Morgan fingerprint density at radius 2 is 2.20 bits per heavy atom. The van der Waals surface area contributed by atoms with Crippen molar-refractivity contribution in [3.63, 3.8) is 0 Å². The molecule has 0 bridgehead atoms. The maximum Gasteiger partial charge on any atom is 0.272 e. The second-order valence-electron chi connectivity index (χ2n) is 2.68. The van der Waals surface area contributed by atoms with Gasteiger partial charge in [0, 0.05) is 0 Å². The van der Waals surface area contributed by atoms with Crippen LogP contribution in [0.25, 0.3) is 0 Å². The van der Waals surface area contributed by atoms with Gasteiger partial charge in [-0.05, 0) is 12.1 Å². The Morgan fingerprint density at radius 1 is 1.53 bits per heavy atom. The highest BCUT2D eigenvalue weighted by Gasteiger charge is 2.12. The quantitative estimate of drug-likeness (QED) is 0.836. The number of alkyl halides is 2. The lowest BCUT2D eigenvalue weighted by atomic mass is 10.2. The molecule has 1 aromatic carbocycles. The number of ether oxygens (including phenoxy) is 1. The summed E-state index contributed by atoms with van der Waals surface area (Å²) in [6.07, 6.45) is -2.55. The highest BCUT2D eigenvalue weighted by Crippen LogP contribution is 2.26. The molecule has 1 rings (SSSR count). The van der Waals surface area contributed by atoms with Crippen molar-refractivity contribution in [2.45, 2.75) is 6.43 Å². The van der Waals surface area contributed by atoms with Gasteiger partial charge in [-0.2, -0.15) is 0 Å². The molecule has 2 nitrogen and oxygen atoms in total. The van der Waals surface area contributed by atoms with E-state index in [2.05, 4.69) is 0 Å². The van der Waals surface area contributed by atoms with E-state index in [4.69, 9.17) is 34.3 Å². The summed E-state index contributed by atoms with van der Waals surface area (Å²) in [4.78, 5) is 0.0184. The zero-order chi connectivity index (χ0) is 11.4. The van der Waals surface area contributed by atoms with Gasteiger partial charge in [-0.25, -0.2) is 8.78 Å². The summed E-state index contributed by atoms with van der Waals surface area (Å²) in [6.45, 7) is -0.712. The van der Waals surface area contributed by atoms with Crippen LogP contribution >= 0.6 is 23.8 Å². The van der Waals surface area contributed by atoms with Crippen LogP contribution in [0.5, 0.6) is 5.75 Å². The molecule has 0 spiro atoms. The SMILES string of the molecule is NC(=S)c1c(Cl)cccc1OCC(F)F. The molecule has 1 aromatic rings. The molecule has 0 aliphatic carbocycles. The van der Waals surface area contributed by atoms with Crippen LogP contribution in [0.3, 0.4) is 0 Å². The maximum absolute atomic E-state index is 11.9. The molecule has 0 aliphatic heterocycles. The molecule has 0 unspecified atom stereocenters. The number of hydrogen-bond acceptors (Lipinski definition) is 2. The molecular weight excluding hydrogens is 244 g/mol. The molecule has 6 heteroatoms. The fourth-order valence-electron chi connectivity index (χ4n) is 1.02. The van der Waals surface area contributed by atoms with Gasteiger partial charge in [-0.15, -0.1) is 0 Å². The topological polar surface area (TPSA) is 35.2 Å². The highest BCUT2D eigenvalue weighted by molar-refractivity contribution is 7.80. The number of nitrogens with two attached hydrogens (primary N) is 1. The first-order chi connectivity index (χ1) is 7.02. The van der Waals surface area contributed by atoms with Crippen molar-refractivity contribution in [2.75, 3.05) is 6.61 Å². The minimum absolute atomic E-state index is 0.0184. The molecule has 0 saturated carbocycles. The van der Waals surface area contributed by atoms with E-state index < -0.39 is 13.0 Å². The van der Waals surface area contributed by atoms with Crippen LogP contribution < -0.4 is 10.5 Å². The molecule has 0 atom stereocenters. The molecule has 0 saturated heterocycles. The normalized spacial score (nSPS) is 10.4. The van der Waals surface area contributed by atoms with Crippen LogP contribution in [-0.4, -0.2) is 18.0 Å². The minimum Gasteiger partial charge on any atom is -0.487 e. The van der Waals surface area contributed by atoms with Crippen LogP contribution in [0, 0.1) is 0 Å². The largest absolute Gasteiger partial charge is 0.487 e. The van der Waals surface area contributed by atoms with E-state index in [1.807, 2.05) is 0 Å². The zero-order valence-corrected chi connectivity index (χ0v) is 9.12. The van der Waals surface area contributed by atoms with Crippen LogP contribution in [0.2, 0.25) is 5.02 Å². The van der Waals surface area contributed by atoms with E-state index >= 15 is 0 Å². The van der Waals surface area contributed by atoms with E-state index in [-0.39, 0.29) is 21.3 Å². The molecule has 0 aliphatic rings. The lowest BCUT2D eigenvalue weighted by Crippen LogP contribution is -2.14. The second kappa shape index (κ2) is 5.23. The number of thiocarbonyl (C=S) groups is 1. The van der Waals surface area contributed by atoms with Crippen molar-refractivity contribution in [3.05, 3.63) is 28.8 Å². The maximum atomic E-state index is 11.9. The van der Waals surface area contributed by atoms with Crippen molar-refractivity contribution in [1.29, 1.82) is 0 Å². The van der Waals surface area contributed by atoms with Crippen LogP contribution in [0.15, 0.2) is 18.2 Å². The Hall–Kier alpha value is -0.940. The summed E-state index contributed by atoms with van der Waals surface area (Å²) >= 11 is 10.5. The fraction of sp³-hybridized carbons (Fsp3) is 0.222. The Labute approximate surface area is 96.0 Å². The average Bonchev–Trinajstić information content (AvgIpc) is 2.13. The summed E-state index contributed by atoms with van der Waals surface area (Å²) in [6, 6.07) is 4.62. The van der Waals surface area contributed by atoms with Crippen molar-refractivity contribution in [2.24, 2.45) is 5.73 Å². The molecule has 0 radical (unpaired) electrons. The summed E-state index contributed by atoms with van der Waals surface area (Å²) in [5, 5.41) is 0.286. The summed E-state index contributed by atoms with van der Waals surface area (Å²) in [7, 11) is 0. The number of rotatable bonds is 4. The smallest absolute Gasteiger partial charge is 0.272 e. The third-order valence-electron chi connectivity index (χ3n) is 1.59.